The van der Waals surface area contributed by atoms with E-state index in [4.69, 9.17) is 5.73 Å². The molecule has 0 spiro atoms. The highest BCUT2D eigenvalue weighted by Gasteiger charge is 2.42. The highest BCUT2D eigenvalue weighted by atomic mass is 16.2. The number of nitrogens with two attached hydrogens (primary N) is 1. The van der Waals surface area contributed by atoms with E-state index in [2.05, 4.69) is 11.1 Å². The molecule has 3 rings (SSSR count). The van der Waals surface area contributed by atoms with Gasteiger partial charge in [-0.2, -0.15) is 0 Å². The van der Waals surface area contributed by atoms with Gasteiger partial charge in [-0.3, -0.25) is 14.6 Å². The van der Waals surface area contributed by atoms with Gasteiger partial charge in [-0.05, 0) is 54.5 Å². The SMILES string of the molecule is CCCC(=O)N1CCC[C@@](Cc2ccccc2-c2ccncc2)(C(N)=O)C1. The van der Waals surface area contributed by atoms with E-state index in [9.17, 15) is 9.59 Å². The first-order valence-electron chi connectivity index (χ1n) is 9.62. The summed E-state index contributed by atoms with van der Waals surface area (Å²) in [5.74, 6) is -0.203. The van der Waals surface area contributed by atoms with Crippen LogP contribution in [-0.4, -0.2) is 34.8 Å². The second kappa shape index (κ2) is 8.33. The zero-order valence-corrected chi connectivity index (χ0v) is 15.9. The lowest BCUT2D eigenvalue weighted by atomic mass is 9.73. The Bertz CT molecular complexity index is 806. The number of hydrogen-bond donors (Lipinski definition) is 1. The molecule has 2 amide bonds. The number of aromatic nitrogens is 1. The molecule has 0 aliphatic carbocycles. The third kappa shape index (κ3) is 4.18. The summed E-state index contributed by atoms with van der Waals surface area (Å²) in [6, 6.07) is 12.0. The van der Waals surface area contributed by atoms with Crippen molar-refractivity contribution in [3.05, 3.63) is 54.4 Å². The highest BCUT2D eigenvalue weighted by molar-refractivity contribution is 5.84. The Morgan fingerprint density at radius 3 is 2.63 bits per heavy atom. The summed E-state index contributed by atoms with van der Waals surface area (Å²) in [5.41, 5.74) is 8.39. The lowest BCUT2D eigenvalue weighted by Crippen LogP contribution is -2.53. The topological polar surface area (TPSA) is 76.3 Å². The van der Waals surface area contributed by atoms with Gasteiger partial charge >= 0.3 is 0 Å². The first-order valence-corrected chi connectivity index (χ1v) is 9.62. The molecule has 2 aromatic rings. The summed E-state index contributed by atoms with van der Waals surface area (Å²) in [4.78, 5) is 30.9. The van der Waals surface area contributed by atoms with Crippen LogP contribution < -0.4 is 5.73 Å². The number of amides is 2. The van der Waals surface area contributed by atoms with Gasteiger partial charge in [-0.1, -0.05) is 31.2 Å². The molecule has 27 heavy (non-hydrogen) atoms. The standard InChI is InChI=1S/C22H27N3O2/c1-2-6-20(26)25-14-5-11-22(16-25,21(23)27)15-18-7-3-4-8-19(18)17-9-12-24-13-10-17/h3-4,7-10,12-13H,2,5-6,11,14-16H2,1H3,(H2,23,27)/t22-/m0/s1. The fourth-order valence-corrected chi connectivity index (χ4v) is 4.00. The van der Waals surface area contributed by atoms with Crippen molar-refractivity contribution in [1.82, 2.24) is 9.88 Å². The van der Waals surface area contributed by atoms with Crippen LogP contribution in [0, 0.1) is 5.41 Å². The Labute approximate surface area is 160 Å². The number of benzene rings is 1. The number of likely N-dealkylation sites (tertiary alicyclic amines) is 1. The third-order valence-corrected chi connectivity index (χ3v) is 5.45. The number of pyridine rings is 1. The van der Waals surface area contributed by atoms with Gasteiger partial charge in [0.15, 0.2) is 0 Å². The van der Waals surface area contributed by atoms with Crippen LogP contribution in [0.1, 0.15) is 38.2 Å². The Morgan fingerprint density at radius 1 is 1.19 bits per heavy atom. The number of hydrogen-bond acceptors (Lipinski definition) is 3. The molecule has 2 N–H and O–H groups in total. The summed E-state index contributed by atoms with van der Waals surface area (Å²) in [5, 5.41) is 0. The Morgan fingerprint density at radius 2 is 1.93 bits per heavy atom. The fourth-order valence-electron chi connectivity index (χ4n) is 4.00. The third-order valence-electron chi connectivity index (χ3n) is 5.45. The zero-order chi connectivity index (χ0) is 19.3. The predicted octanol–water partition coefficient (Wildman–Crippen LogP) is 3.19. The minimum atomic E-state index is -0.717. The van der Waals surface area contributed by atoms with Crippen molar-refractivity contribution >= 4 is 11.8 Å². The molecule has 0 bridgehead atoms. The Hall–Kier alpha value is -2.69. The molecule has 1 aromatic carbocycles. The number of rotatable bonds is 6. The van der Waals surface area contributed by atoms with E-state index in [1.54, 1.807) is 12.4 Å². The maximum Gasteiger partial charge on any atom is 0.225 e. The summed E-state index contributed by atoms with van der Waals surface area (Å²) in [6.07, 6.45) is 6.91. The molecule has 0 saturated carbocycles. The van der Waals surface area contributed by atoms with Crippen LogP contribution in [0.5, 0.6) is 0 Å². The van der Waals surface area contributed by atoms with E-state index in [1.807, 2.05) is 42.2 Å². The Balaban J connectivity index is 1.92. The van der Waals surface area contributed by atoms with E-state index in [-0.39, 0.29) is 11.8 Å². The highest BCUT2D eigenvalue weighted by Crippen LogP contribution is 2.36. The van der Waals surface area contributed by atoms with E-state index in [0.717, 1.165) is 29.5 Å². The van der Waals surface area contributed by atoms with E-state index in [1.165, 1.54) is 0 Å². The molecule has 1 aliphatic heterocycles. The van der Waals surface area contributed by atoms with Gasteiger partial charge in [0.05, 0.1) is 5.41 Å². The largest absolute Gasteiger partial charge is 0.369 e. The lowest BCUT2D eigenvalue weighted by molar-refractivity contribution is -0.140. The molecule has 1 atom stereocenters. The van der Waals surface area contributed by atoms with Gasteiger partial charge in [-0.15, -0.1) is 0 Å². The number of carbonyl (C=O) groups is 2. The maximum absolute atomic E-state index is 12.5. The molecule has 5 heteroatoms. The van der Waals surface area contributed by atoms with Crippen molar-refractivity contribution in [3.8, 4) is 11.1 Å². The summed E-state index contributed by atoms with van der Waals surface area (Å²) >= 11 is 0. The molecule has 5 nitrogen and oxygen atoms in total. The predicted molar refractivity (Wildman–Crippen MR) is 106 cm³/mol. The smallest absolute Gasteiger partial charge is 0.225 e. The lowest BCUT2D eigenvalue weighted by Gasteiger charge is -2.41. The van der Waals surface area contributed by atoms with Crippen LogP contribution in [-0.2, 0) is 16.0 Å². The van der Waals surface area contributed by atoms with Crippen LogP contribution in [0.15, 0.2) is 48.8 Å². The molecular weight excluding hydrogens is 338 g/mol. The van der Waals surface area contributed by atoms with E-state index < -0.39 is 5.41 Å². The zero-order valence-electron chi connectivity index (χ0n) is 15.9. The fraction of sp³-hybridized carbons (Fsp3) is 0.409. The minimum absolute atomic E-state index is 0.116. The average molecular weight is 365 g/mol. The number of piperidine rings is 1. The molecule has 0 unspecified atom stereocenters. The average Bonchev–Trinajstić information content (AvgIpc) is 2.69. The van der Waals surface area contributed by atoms with Crippen molar-refractivity contribution in [2.45, 2.75) is 39.0 Å². The number of carbonyl (C=O) groups excluding carboxylic acids is 2. The second-order valence-corrected chi connectivity index (χ2v) is 7.38. The molecule has 1 aliphatic rings. The summed E-state index contributed by atoms with van der Waals surface area (Å²) < 4.78 is 0. The van der Waals surface area contributed by atoms with Gasteiger partial charge in [0.1, 0.15) is 0 Å². The van der Waals surface area contributed by atoms with Crippen LogP contribution in [0.2, 0.25) is 0 Å². The molecule has 1 fully saturated rings. The van der Waals surface area contributed by atoms with Crippen LogP contribution in [0.4, 0.5) is 0 Å². The van der Waals surface area contributed by atoms with E-state index >= 15 is 0 Å². The number of nitrogens with zero attached hydrogens (tertiary/aromatic N) is 2. The quantitative estimate of drug-likeness (QED) is 0.854. The molecule has 2 heterocycles. The van der Waals surface area contributed by atoms with Crippen molar-refractivity contribution in [2.24, 2.45) is 11.1 Å². The van der Waals surface area contributed by atoms with Crippen LogP contribution >= 0.6 is 0 Å². The minimum Gasteiger partial charge on any atom is -0.369 e. The van der Waals surface area contributed by atoms with Crippen molar-refractivity contribution in [1.29, 1.82) is 0 Å². The van der Waals surface area contributed by atoms with Crippen molar-refractivity contribution < 1.29 is 9.59 Å². The number of primary amides is 1. The maximum atomic E-state index is 12.5. The molecule has 1 saturated heterocycles. The van der Waals surface area contributed by atoms with Crippen molar-refractivity contribution in [3.63, 3.8) is 0 Å². The van der Waals surface area contributed by atoms with Gasteiger partial charge in [0.25, 0.3) is 0 Å². The molecule has 0 radical (unpaired) electrons. The second-order valence-electron chi connectivity index (χ2n) is 7.38. The normalized spacial score (nSPS) is 19.7. The van der Waals surface area contributed by atoms with Crippen LogP contribution in [0.25, 0.3) is 11.1 Å². The summed E-state index contributed by atoms with van der Waals surface area (Å²) in [6.45, 7) is 3.11. The summed E-state index contributed by atoms with van der Waals surface area (Å²) in [7, 11) is 0. The monoisotopic (exact) mass is 365 g/mol. The van der Waals surface area contributed by atoms with Gasteiger partial charge in [0.2, 0.25) is 11.8 Å². The van der Waals surface area contributed by atoms with Gasteiger partial charge < -0.3 is 10.6 Å². The first-order chi connectivity index (χ1) is 13.1. The van der Waals surface area contributed by atoms with Crippen LogP contribution in [0.3, 0.4) is 0 Å². The van der Waals surface area contributed by atoms with Gasteiger partial charge in [0, 0.05) is 31.9 Å². The van der Waals surface area contributed by atoms with Crippen molar-refractivity contribution in [2.75, 3.05) is 13.1 Å². The first kappa shape index (κ1) is 19.1. The molecular formula is C22H27N3O2. The van der Waals surface area contributed by atoms with Gasteiger partial charge in [-0.25, -0.2) is 0 Å². The molecule has 142 valence electrons. The van der Waals surface area contributed by atoms with E-state index in [0.29, 0.717) is 32.4 Å². The Kier molecular flexibility index (Phi) is 5.89. The molecule has 1 aromatic heterocycles.